The van der Waals surface area contributed by atoms with Crippen molar-refractivity contribution in [2.75, 3.05) is 13.2 Å². The molecule has 4 heteroatoms. The monoisotopic (exact) mass is 231 g/mol. The molecule has 1 aromatic heterocycles. The molecule has 1 fully saturated rings. The van der Waals surface area contributed by atoms with Gasteiger partial charge in [-0.05, 0) is 12.1 Å². The Bertz CT molecular complexity index is 614. The van der Waals surface area contributed by atoms with Gasteiger partial charge in [-0.2, -0.15) is 0 Å². The van der Waals surface area contributed by atoms with E-state index in [4.69, 9.17) is 9.47 Å². The highest BCUT2D eigenvalue weighted by molar-refractivity contribution is 5.85. The lowest BCUT2D eigenvalue weighted by molar-refractivity contribution is 0.265. The van der Waals surface area contributed by atoms with E-state index in [1.165, 1.54) is 6.07 Å². The minimum absolute atomic E-state index is 0.0598. The quantitative estimate of drug-likeness (QED) is 0.748. The molecule has 4 nitrogen and oxygen atoms in total. The number of hydrogen-bond acceptors (Lipinski definition) is 3. The Morgan fingerprint density at radius 3 is 3.00 bits per heavy atom. The molecule has 1 saturated heterocycles. The van der Waals surface area contributed by atoms with Crippen molar-refractivity contribution >= 4 is 10.9 Å². The molecule has 1 atom stereocenters. The van der Waals surface area contributed by atoms with Gasteiger partial charge in [0.2, 0.25) is 0 Å². The highest BCUT2D eigenvalue weighted by Crippen LogP contribution is 2.24. The average Bonchev–Trinajstić information content (AvgIpc) is 3.16. The fraction of sp³-hybridized carbons (Fsp3) is 0.308. The number of benzene rings is 1. The first-order valence-electron chi connectivity index (χ1n) is 5.59. The van der Waals surface area contributed by atoms with Crippen LogP contribution in [0.5, 0.6) is 5.75 Å². The molecule has 0 amide bonds. The van der Waals surface area contributed by atoms with Crippen LogP contribution in [0.4, 0.5) is 0 Å². The summed E-state index contributed by atoms with van der Waals surface area (Å²) in [6, 6.07) is 9.25. The summed E-state index contributed by atoms with van der Waals surface area (Å²) in [5.41, 5.74) is 0.821. The van der Waals surface area contributed by atoms with Crippen LogP contribution in [-0.4, -0.2) is 23.9 Å². The molecule has 2 aromatic rings. The number of pyridine rings is 1. The predicted octanol–water partition coefficient (Wildman–Crippen LogP) is 1.32. The van der Waals surface area contributed by atoms with Gasteiger partial charge in [0.25, 0.3) is 5.56 Å². The molecule has 1 unspecified atom stereocenters. The van der Waals surface area contributed by atoms with Crippen LogP contribution >= 0.6 is 0 Å². The lowest BCUT2D eigenvalue weighted by Crippen LogP contribution is -2.17. The number of epoxide rings is 1. The van der Waals surface area contributed by atoms with Gasteiger partial charge in [0.15, 0.2) is 0 Å². The third-order valence-corrected chi connectivity index (χ3v) is 2.94. The van der Waals surface area contributed by atoms with E-state index in [1.807, 2.05) is 24.3 Å². The molecular weight excluding hydrogens is 218 g/mol. The van der Waals surface area contributed by atoms with Crippen LogP contribution in [0.25, 0.3) is 10.9 Å². The second-order valence-corrected chi connectivity index (χ2v) is 4.19. The van der Waals surface area contributed by atoms with E-state index >= 15 is 0 Å². The minimum atomic E-state index is -0.0598. The molecule has 0 spiro atoms. The fourth-order valence-corrected chi connectivity index (χ4v) is 1.85. The lowest BCUT2D eigenvalue weighted by atomic mass is 10.2. The second kappa shape index (κ2) is 3.89. The van der Waals surface area contributed by atoms with Crippen LogP contribution in [0.15, 0.2) is 35.1 Å². The lowest BCUT2D eigenvalue weighted by Gasteiger charge is -2.10. The molecule has 88 valence electrons. The van der Waals surface area contributed by atoms with Gasteiger partial charge in [0, 0.05) is 18.5 Å². The Balaban J connectivity index is 2.09. The average molecular weight is 231 g/mol. The number of nitrogens with zero attached hydrogens (tertiary/aromatic N) is 1. The molecular formula is C13H13NO3. The van der Waals surface area contributed by atoms with E-state index < -0.39 is 0 Å². The summed E-state index contributed by atoms with van der Waals surface area (Å²) in [6.07, 6.45) is 0.192. The van der Waals surface area contributed by atoms with Gasteiger partial charge in [-0.15, -0.1) is 0 Å². The highest BCUT2D eigenvalue weighted by atomic mass is 16.6. The topological polar surface area (TPSA) is 43.8 Å². The summed E-state index contributed by atoms with van der Waals surface area (Å²) >= 11 is 0. The zero-order chi connectivity index (χ0) is 11.8. The third-order valence-electron chi connectivity index (χ3n) is 2.94. The molecule has 0 bridgehead atoms. The van der Waals surface area contributed by atoms with E-state index in [9.17, 15) is 4.79 Å². The molecule has 0 aliphatic carbocycles. The van der Waals surface area contributed by atoms with Crippen molar-refractivity contribution in [2.24, 2.45) is 7.05 Å². The molecule has 0 N–H and O–H groups in total. The number of ether oxygens (including phenoxy) is 2. The summed E-state index contributed by atoms with van der Waals surface area (Å²) in [4.78, 5) is 11.8. The maximum Gasteiger partial charge on any atom is 0.254 e. The van der Waals surface area contributed by atoms with E-state index in [-0.39, 0.29) is 11.7 Å². The number of aryl methyl sites for hydroxylation is 1. The summed E-state index contributed by atoms with van der Waals surface area (Å²) in [7, 11) is 1.76. The minimum Gasteiger partial charge on any atom is -0.490 e. The fourth-order valence-electron chi connectivity index (χ4n) is 1.85. The molecule has 2 heterocycles. The molecule has 1 aliphatic heterocycles. The maximum atomic E-state index is 11.8. The first kappa shape index (κ1) is 10.4. The van der Waals surface area contributed by atoms with Crippen molar-refractivity contribution in [3.63, 3.8) is 0 Å². The van der Waals surface area contributed by atoms with Crippen molar-refractivity contribution in [3.05, 3.63) is 40.7 Å². The summed E-state index contributed by atoms with van der Waals surface area (Å²) < 4.78 is 12.3. The van der Waals surface area contributed by atoms with E-state index in [0.717, 1.165) is 17.5 Å². The normalized spacial score (nSPS) is 18.3. The Labute approximate surface area is 98.4 Å². The van der Waals surface area contributed by atoms with Gasteiger partial charge in [-0.3, -0.25) is 4.79 Å². The standard InChI is InChI=1S/C13H13NO3/c1-14-11-5-3-2-4-10(11)12(6-13(14)15)17-8-9-7-16-9/h2-6,9H,7-8H2,1H3. The summed E-state index contributed by atoms with van der Waals surface area (Å²) in [5, 5.41) is 0.954. The van der Waals surface area contributed by atoms with Gasteiger partial charge >= 0.3 is 0 Å². The number of hydrogen-bond donors (Lipinski definition) is 0. The first-order valence-corrected chi connectivity index (χ1v) is 5.59. The van der Waals surface area contributed by atoms with Crippen molar-refractivity contribution in [2.45, 2.75) is 6.10 Å². The van der Waals surface area contributed by atoms with Gasteiger partial charge < -0.3 is 14.0 Å². The van der Waals surface area contributed by atoms with Crippen LogP contribution in [0.1, 0.15) is 0 Å². The Morgan fingerprint density at radius 2 is 2.24 bits per heavy atom. The zero-order valence-electron chi connectivity index (χ0n) is 9.55. The molecule has 1 aromatic carbocycles. The van der Waals surface area contributed by atoms with Crippen LogP contribution in [0.3, 0.4) is 0 Å². The Morgan fingerprint density at radius 1 is 1.47 bits per heavy atom. The summed E-state index contributed by atoms with van der Waals surface area (Å²) in [6.45, 7) is 1.26. The summed E-state index contributed by atoms with van der Waals surface area (Å²) in [5.74, 6) is 0.638. The Hall–Kier alpha value is -1.81. The number of fused-ring (bicyclic) bond motifs is 1. The number of para-hydroxylation sites is 1. The van der Waals surface area contributed by atoms with Crippen LogP contribution in [0, 0.1) is 0 Å². The van der Waals surface area contributed by atoms with Gasteiger partial charge in [0.05, 0.1) is 12.1 Å². The SMILES string of the molecule is Cn1c(=O)cc(OCC2CO2)c2ccccc21. The van der Waals surface area contributed by atoms with E-state index in [0.29, 0.717) is 12.4 Å². The molecule has 0 saturated carbocycles. The van der Waals surface area contributed by atoms with Gasteiger partial charge in [0.1, 0.15) is 18.5 Å². The molecule has 1 aliphatic rings. The van der Waals surface area contributed by atoms with Crippen molar-refractivity contribution in [1.29, 1.82) is 0 Å². The van der Waals surface area contributed by atoms with E-state index in [2.05, 4.69) is 0 Å². The molecule has 0 radical (unpaired) electrons. The Kier molecular flexibility index (Phi) is 2.37. The largest absolute Gasteiger partial charge is 0.490 e. The molecule has 3 rings (SSSR count). The van der Waals surface area contributed by atoms with Crippen LogP contribution < -0.4 is 10.3 Å². The third kappa shape index (κ3) is 1.91. The smallest absolute Gasteiger partial charge is 0.254 e. The van der Waals surface area contributed by atoms with Crippen molar-refractivity contribution < 1.29 is 9.47 Å². The van der Waals surface area contributed by atoms with Crippen molar-refractivity contribution in [1.82, 2.24) is 4.57 Å². The molecule has 17 heavy (non-hydrogen) atoms. The van der Waals surface area contributed by atoms with Crippen LogP contribution in [-0.2, 0) is 11.8 Å². The number of aromatic nitrogens is 1. The predicted molar refractivity (Wildman–Crippen MR) is 64.4 cm³/mol. The van der Waals surface area contributed by atoms with Crippen LogP contribution in [0.2, 0.25) is 0 Å². The zero-order valence-corrected chi connectivity index (χ0v) is 9.55. The number of rotatable bonds is 3. The maximum absolute atomic E-state index is 11.8. The van der Waals surface area contributed by atoms with E-state index in [1.54, 1.807) is 11.6 Å². The van der Waals surface area contributed by atoms with Gasteiger partial charge in [-0.25, -0.2) is 0 Å². The first-order chi connectivity index (χ1) is 8.25. The van der Waals surface area contributed by atoms with Gasteiger partial charge in [-0.1, -0.05) is 12.1 Å². The van der Waals surface area contributed by atoms with Crippen molar-refractivity contribution in [3.8, 4) is 5.75 Å². The second-order valence-electron chi connectivity index (χ2n) is 4.19. The highest BCUT2D eigenvalue weighted by Gasteiger charge is 2.23.